The lowest BCUT2D eigenvalue weighted by molar-refractivity contribution is -0.137. The van der Waals surface area contributed by atoms with Crippen LogP contribution >= 0.6 is 0 Å². The number of halogens is 3. The second-order valence-corrected chi connectivity index (χ2v) is 11.3. The number of hydrogen-bond acceptors (Lipinski definition) is 5. The van der Waals surface area contributed by atoms with Crippen LogP contribution in [0.3, 0.4) is 0 Å². The molecule has 1 saturated heterocycles. The van der Waals surface area contributed by atoms with Gasteiger partial charge in [0.15, 0.2) is 0 Å². The van der Waals surface area contributed by atoms with E-state index in [1.54, 1.807) is 0 Å². The third-order valence-electron chi connectivity index (χ3n) is 6.51. The quantitative estimate of drug-likeness (QED) is 0.413. The SMILES string of the molecule is Cc1cc(COC2CCN(S(=O)(=O)CC(NC(=O)O)c3ccc(C(F)(F)F)cc3)CC2)c2ccccc2n1. The number of ether oxygens (including phenoxy) is 1. The number of para-hydroxylation sites is 1. The molecular weight excluding hydrogens is 523 g/mol. The van der Waals surface area contributed by atoms with E-state index >= 15 is 0 Å². The molecular formula is C26H28F3N3O5S. The molecule has 2 aromatic carbocycles. The van der Waals surface area contributed by atoms with Crippen LogP contribution < -0.4 is 5.32 Å². The predicted octanol–water partition coefficient (Wildman–Crippen LogP) is 4.88. The van der Waals surface area contributed by atoms with E-state index in [0.717, 1.165) is 46.4 Å². The minimum Gasteiger partial charge on any atom is -0.465 e. The number of pyridine rings is 1. The molecule has 0 spiro atoms. The topological polar surface area (TPSA) is 109 Å². The van der Waals surface area contributed by atoms with Gasteiger partial charge >= 0.3 is 12.3 Å². The molecule has 1 aromatic heterocycles. The van der Waals surface area contributed by atoms with Gasteiger partial charge < -0.3 is 15.2 Å². The average molecular weight is 552 g/mol. The number of sulfonamides is 1. The van der Waals surface area contributed by atoms with E-state index in [1.165, 1.54) is 4.31 Å². The van der Waals surface area contributed by atoms with Gasteiger partial charge in [-0.2, -0.15) is 13.2 Å². The van der Waals surface area contributed by atoms with E-state index in [1.807, 2.05) is 37.3 Å². The van der Waals surface area contributed by atoms with Gasteiger partial charge in [0.1, 0.15) is 0 Å². The smallest absolute Gasteiger partial charge is 0.416 e. The van der Waals surface area contributed by atoms with Crippen molar-refractivity contribution in [3.8, 4) is 0 Å². The molecule has 0 bridgehead atoms. The van der Waals surface area contributed by atoms with E-state index in [9.17, 15) is 31.5 Å². The third kappa shape index (κ3) is 6.80. The first-order valence-corrected chi connectivity index (χ1v) is 13.6. The number of hydrogen-bond donors (Lipinski definition) is 2. The molecule has 204 valence electrons. The first-order valence-electron chi connectivity index (χ1n) is 12.0. The standard InChI is InChI=1S/C26H28F3N3O5S/c1-17-14-19(22-4-2-3-5-23(22)30-17)15-37-21-10-12-32(13-11-21)38(35,36)16-24(31-25(33)34)18-6-8-20(9-7-18)26(27,28)29/h2-9,14,21,24,31H,10-13,15-16H2,1H3,(H,33,34). The number of benzene rings is 2. The Kier molecular flexibility index (Phi) is 8.24. The van der Waals surface area contributed by atoms with Crippen molar-refractivity contribution < 1.29 is 36.2 Å². The summed E-state index contributed by atoms with van der Waals surface area (Å²) in [5.74, 6) is -0.613. The van der Waals surface area contributed by atoms with Crippen molar-refractivity contribution in [1.82, 2.24) is 14.6 Å². The molecule has 12 heteroatoms. The second kappa shape index (κ2) is 11.3. The normalized spacial score (nSPS) is 16.4. The predicted molar refractivity (Wildman–Crippen MR) is 135 cm³/mol. The summed E-state index contributed by atoms with van der Waals surface area (Å²) < 4.78 is 72.3. The zero-order valence-corrected chi connectivity index (χ0v) is 21.4. The summed E-state index contributed by atoms with van der Waals surface area (Å²) in [6.07, 6.45) is -5.28. The molecule has 38 heavy (non-hydrogen) atoms. The maximum absolute atomic E-state index is 13.1. The van der Waals surface area contributed by atoms with E-state index in [-0.39, 0.29) is 24.8 Å². The van der Waals surface area contributed by atoms with Gasteiger partial charge in [0, 0.05) is 24.2 Å². The first-order chi connectivity index (χ1) is 17.9. The summed E-state index contributed by atoms with van der Waals surface area (Å²) in [6, 6.07) is 12.3. The van der Waals surface area contributed by atoms with E-state index in [0.29, 0.717) is 19.4 Å². The molecule has 1 aliphatic rings. The molecule has 3 aromatic rings. The minimum atomic E-state index is -4.56. The fraction of sp³-hybridized carbons (Fsp3) is 0.385. The molecule has 2 heterocycles. The Balaban J connectivity index is 1.38. The Morgan fingerprint density at radius 1 is 1.16 bits per heavy atom. The Bertz CT molecular complexity index is 1390. The van der Waals surface area contributed by atoms with Crippen LogP contribution in [0, 0.1) is 6.92 Å². The van der Waals surface area contributed by atoms with Gasteiger partial charge in [-0.1, -0.05) is 30.3 Å². The Hall–Kier alpha value is -3.22. The zero-order chi connectivity index (χ0) is 27.5. The van der Waals surface area contributed by atoms with Gasteiger partial charge in [-0.25, -0.2) is 17.5 Å². The number of amides is 1. The number of alkyl halides is 3. The molecule has 1 amide bonds. The highest BCUT2D eigenvalue weighted by molar-refractivity contribution is 7.89. The van der Waals surface area contributed by atoms with Gasteiger partial charge in [0.2, 0.25) is 10.0 Å². The summed E-state index contributed by atoms with van der Waals surface area (Å²) in [5.41, 5.74) is 1.98. The molecule has 4 rings (SSSR count). The number of carbonyl (C=O) groups is 1. The lowest BCUT2D eigenvalue weighted by Crippen LogP contribution is -2.44. The van der Waals surface area contributed by atoms with Crippen molar-refractivity contribution in [2.24, 2.45) is 0 Å². The molecule has 0 saturated carbocycles. The molecule has 1 unspecified atom stereocenters. The maximum atomic E-state index is 13.1. The summed E-state index contributed by atoms with van der Waals surface area (Å²) in [7, 11) is -3.92. The van der Waals surface area contributed by atoms with E-state index in [2.05, 4.69) is 10.3 Å². The monoisotopic (exact) mass is 551 g/mol. The number of aryl methyl sites for hydroxylation is 1. The lowest BCUT2D eigenvalue weighted by Gasteiger charge is -2.32. The van der Waals surface area contributed by atoms with Crippen molar-refractivity contribution >= 4 is 27.0 Å². The number of carboxylic acid groups (broad SMARTS) is 1. The van der Waals surface area contributed by atoms with Gasteiger partial charge in [-0.3, -0.25) is 4.98 Å². The van der Waals surface area contributed by atoms with Crippen molar-refractivity contribution in [2.75, 3.05) is 18.8 Å². The van der Waals surface area contributed by atoms with Crippen LogP contribution in [0.15, 0.2) is 54.6 Å². The van der Waals surface area contributed by atoms with Crippen LogP contribution in [-0.2, 0) is 27.5 Å². The molecule has 8 nitrogen and oxygen atoms in total. The highest BCUT2D eigenvalue weighted by atomic mass is 32.2. The fourth-order valence-corrected chi connectivity index (χ4v) is 6.26. The molecule has 1 atom stereocenters. The van der Waals surface area contributed by atoms with Crippen LogP contribution in [0.1, 0.15) is 41.3 Å². The summed E-state index contributed by atoms with van der Waals surface area (Å²) in [4.78, 5) is 15.8. The average Bonchev–Trinajstić information content (AvgIpc) is 2.86. The highest BCUT2D eigenvalue weighted by Crippen LogP contribution is 2.30. The molecule has 0 aliphatic carbocycles. The van der Waals surface area contributed by atoms with Gasteiger partial charge in [0.25, 0.3) is 0 Å². The Morgan fingerprint density at radius 2 is 1.82 bits per heavy atom. The molecule has 1 aliphatic heterocycles. The summed E-state index contributed by atoms with van der Waals surface area (Å²) >= 11 is 0. The molecule has 0 radical (unpaired) electrons. The number of nitrogens with one attached hydrogen (secondary N) is 1. The Morgan fingerprint density at radius 3 is 2.45 bits per heavy atom. The van der Waals surface area contributed by atoms with Gasteiger partial charge in [-0.15, -0.1) is 0 Å². The summed E-state index contributed by atoms with van der Waals surface area (Å²) in [6.45, 7) is 2.65. The van der Waals surface area contributed by atoms with E-state index in [4.69, 9.17) is 4.74 Å². The number of piperidine rings is 1. The second-order valence-electron chi connectivity index (χ2n) is 9.25. The van der Waals surface area contributed by atoms with Gasteiger partial charge in [0.05, 0.1) is 35.6 Å². The van der Waals surface area contributed by atoms with E-state index < -0.39 is 39.7 Å². The van der Waals surface area contributed by atoms with Crippen molar-refractivity contribution in [3.05, 3.63) is 77.0 Å². The third-order valence-corrected chi connectivity index (χ3v) is 8.42. The molecule has 1 fully saturated rings. The largest absolute Gasteiger partial charge is 0.465 e. The minimum absolute atomic E-state index is 0.127. The number of nitrogens with zero attached hydrogens (tertiary/aromatic N) is 2. The summed E-state index contributed by atoms with van der Waals surface area (Å²) in [5, 5.41) is 12.3. The van der Waals surface area contributed by atoms with Crippen LogP contribution in [0.2, 0.25) is 0 Å². The van der Waals surface area contributed by atoms with Crippen LogP contribution in [-0.4, -0.2) is 53.9 Å². The number of fused-ring (bicyclic) bond motifs is 1. The fourth-order valence-electron chi connectivity index (χ4n) is 4.59. The van der Waals surface area contributed by atoms with Crippen LogP contribution in [0.5, 0.6) is 0 Å². The Labute approximate surface area is 218 Å². The first kappa shape index (κ1) is 27.8. The highest BCUT2D eigenvalue weighted by Gasteiger charge is 2.33. The van der Waals surface area contributed by atoms with Crippen molar-refractivity contribution in [1.29, 1.82) is 0 Å². The maximum Gasteiger partial charge on any atom is 0.416 e. The van der Waals surface area contributed by atoms with Crippen molar-refractivity contribution in [2.45, 2.75) is 44.7 Å². The lowest BCUT2D eigenvalue weighted by atomic mass is 10.1. The van der Waals surface area contributed by atoms with Crippen LogP contribution in [0.25, 0.3) is 10.9 Å². The molecule has 2 N–H and O–H groups in total. The number of rotatable bonds is 8. The zero-order valence-electron chi connectivity index (χ0n) is 20.6. The number of aromatic nitrogens is 1. The van der Waals surface area contributed by atoms with Crippen molar-refractivity contribution in [3.63, 3.8) is 0 Å². The van der Waals surface area contributed by atoms with Crippen LogP contribution in [0.4, 0.5) is 18.0 Å². The van der Waals surface area contributed by atoms with Gasteiger partial charge in [-0.05, 0) is 55.2 Å².